The van der Waals surface area contributed by atoms with Gasteiger partial charge in [0, 0.05) is 38.3 Å². The number of carbonyl (C=O) groups is 2. The van der Waals surface area contributed by atoms with Crippen molar-refractivity contribution in [2.75, 3.05) is 52.5 Å². The van der Waals surface area contributed by atoms with Crippen molar-refractivity contribution in [1.82, 2.24) is 20.0 Å². The number of alkyl halides is 1. The van der Waals surface area contributed by atoms with Crippen molar-refractivity contribution in [1.29, 1.82) is 0 Å². The number of hydrogen-bond acceptors (Lipinski definition) is 7. The average Bonchev–Trinajstić information content (AvgIpc) is 3.49. The van der Waals surface area contributed by atoms with Gasteiger partial charge in [0.2, 0.25) is 0 Å². The van der Waals surface area contributed by atoms with Crippen LogP contribution >= 0.6 is 0 Å². The minimum absolute atomic E-state index is 0.0309. The Morgan fingerprint density at radius 3 is 2.62 bits per heavy atom. The van der Waals surface area contributed by atoms with Crippen molar-refractivity contribution in [3.8, 4) is 0 Å². The van der Waals surface area contributed by atoms with E-state index in [1.807, 2.05) is 6.20 Å². The molecule has 3 saturated heterocycles. The van der Waals surface area contributed by atoms with Crippen LogP contribution in [0.25, 0.3) is 0 Å². The van der Waals surface area contributed by atoms with Crippen molar-refractivity contribution in [2.45, 2.75) is 94.3 Å². The maximum Gasteiger partial charge on any atom is 0.259 e. The number of nitrogens with zero attached hydrogens (tertiary/aromatic N) is 3. The zero-order valence-corrected chi connectivity index (χ0v) is 23.1. The third-order valence-electron chi connectivity index (χ3n) is 11.0. The number of morpholine rings is 2. The van der Waals surface area contributed by atoms with E-state index in [0.717, 1.165) is 39.0 Å². The number of nitrogens with one attached hydrogen (secondary N) is 1. The summed E-state index contributed by atoms with van der Waals surface area (Å²) in [6, 6.07) is -0.495. The lowest BCUT2D eigenvalue weighted by molar-refractivity contribution is -0.220. The summed E-state index contributed by atoms with van der Waals surface area (Å²) in [6.45, 7) is 5.86. The van der Waals surface area contributed by atoms with E-state index in [2.05, 4.69) is 15.1 Å². The van der Waals surface area contributed by atoms with Gasteiger partial charge in [-0.2, -0.15) is 0 Å². The van der Waals surface area contributed by atoms with Gasteiger partial charge in [-0.1, -0.05) is 19.3 Å². The zero-order valence-electron chi connectivity index (χ0n) is 23.1. The molecule has 0 aromatic carbocycles. The quantitative estimate of drug-likeness (QED) is 0.532. The fourth-order valence-corrected chi connectivity index (χ4v) is 9.09. The summed E-state index contributed by atoms with van der Waals surface area (Å²) in [6.07, 6.45) is 10.1. The molecule has 6 fully saturated rings. The average molecular weight is 545 g/mol. The molecule has 7 rings (SSSR count). The van der Waals surface area contributed by atoms with Crippen molar-refractivity contribution in [3.63, 3.8) is 0 Å². The molecule has 39 heavy (non-hydrogen) atoms. The van der Waals surface area contributed by atoms with Gasteiger partial charge in [0.15, 0.2) is 5.78 Å². The maximum atomic E-state index is 16.1. The maximum absolute atomic E-state index is 16.1. The lowest BCUT2D eigenvalue weighted by Gasteiger charge is -2.61. The van der Waals surface area contributed by atoms with Crippen LogP contribution in [0.4, 0.5) is 4.39 Å². The van der Waals surface area contributed by atoms with E-state index in [4.69, 9.17) is 9.47 Å². The van der Waals surface area contributed by atoms with Gasteiger partial charge in [0.05, 0.1) is 49.1 Å². The second-order valence-corrected chi connectivity index (χ2v) is 13.1. The number of halogens is 1. The number of ketones is 1. The SMILES string of the molecule is O=C1C(C(=O)N2CCOCC2)=CN2C3CCC4CCCCC4C3OC3C(NCCN4CCCC4)C(F)CC1C32. The minimum Gasteiger partial charge on any atom is -0.378 e. The van der Waals surface area contributed by atoms with Crippen molar-refractivity contribution >= 4 is 11.7 Å². The van der Waals surface area contributed by atoms with E-state index < -0.39 is 18.1 Å². The summed E-state index contributed by atoms with van der Waals surface area (Å²) in [5.74, 6) is 0.199. The molecule has 0 bridgehead atoms. The topological polar surface area (TPSA) is 74.3 Å². The molecule has 3 saturated carbocycles. The lowest BCUT2D eigenvalue weighted by atomic mass is 9.64. The highest BCUT2D eigenvalue weighted by molar-refractivity contribution is 6.20. The van der Waals surface area contributed by atoms with Gasteiger partial charge in [-0.15, -0.1) is 0 Å². The Morgan fingerprint density at radius 1 is 1.00 bits per heavy atom. The first kappa shape index (κ1) is 26.4. The minimum atomic E-state index is -1.18. The van der Waals surface area contributed by atoms with Gasteiger partial charge in [0.25, 0.3) is 5.91 Å². The molecule has 9 heteroatoms. The fraction of sp³-hybridized carbons (Fsp3) is 0.867. The monoisotopic (exact) mass is 544 g/mol. The van der Waals surface area contributed by atoms with Crippen molar-refractivity contribution in [2.24, 2.45) is 17.8 Å². The van der Waals surface area contributed by atoms with Crippen LogP contribution in [0.5, 0.6) is 0 Å². The molecule has 0 spiro atoms. The van der Waals surface area contributed by atoms with Gasteiger partial charge < -0.3 is 29.5 Å². The van der Waals surface area contributed by atoms with E-state index in [0.29, 0.717) is 38.1 Å². The van der Waals surface area contributed by atoms with Crippen LogP contribution in [-0.2, 0) is 19.1 Å². The Kier molecular flexibility index (Phi) is 7.45. The van der Waals surface area contributed by atoms with Crippen LogP contribution in [-0.4, -0.2) is 115 Å². The second-order valence-electron chi connectivity index (χ2n) is 13.1. The number of carbonyl (C=O) groups excluding carboxylic acids is 2. The normalized spacial score (nSPS) is 42.4. The molecule has 216 valence electrons. The molecule has 0 aromatic rings. The summed E-state index contributed by atoms with van der Waals surface area (Å²) in [5.41, 5.74) is 0.246. The highest BCUT2D eigenvalue weighted by atomic mass is 19.1. The first-order valence-electron chi connectivity index (χ1n) is 15.8. The summed E-state index contributed by atoms with van der Waals surface area (Å²) in [5, 5.41) is 3.57. The highest BCUT2D eigenvalue weighted by Crippen LogP contribution is 2.50. The van der Waals surface area contributed by atoms with Gasteiger partial charge in [-0.05, 0) is 63.5 Å². The van der Waals surface area contributed by atoms with Gasteiger partial charge >= 0.3 is 0 Å². The number of hydrogen-bond donors (Lipinski definition) is 1. The van der Waals surface area contributed by atoms with Crippen LogP contribution in [0.15, 0.2) is 11.8 Å². The first-order valence-corrected chi connectivity index (χ1v) is 15.8. The van der Waals surface area contributed by atoms with Gasteiger partial charge in [-0.3, -0.25) is 9.59 Å². The van der Waals surface area contributed by atoms with Crippen LogP contribution < -0.4 is 5.32 Å². The highest BCUT2D eigenvalue weighted by Gasteiger charge is 2.60. The van der Waals surface area contributed by atoms with Crippen LogP contribution in [0, 0.1) is 17.8 Å². The Balaban J connectivity index is 1.20. The molecule has 0 aromatic heterocycles. The third kappa shape index (κ3) is 4.75. The molecule has 0 radical (unpaired) electrons. The number of amides is 1. The molecule has 7 aliphatic rings. The Labute approximate surface area is 231 Å². The molecular weight excluding hydrogens is 499 g/mol. The first-order chi connectivity index (χ1) is 19.1. The Morgan fingerprint density at radius 2 is 1.79 bits per heavy atom. The molecule has 3 aliphatic carbocycles. The number of Topliss-reactive ketones (excluding diaryl/α,β-unsaturated/α-hetero) is 1. The zero-order chi connectivity index (χ0) is 26.5. The van der Waals surface area contributed by atoms with E-state index >= 15 is 4.39 Å². The summed E-state index contributed by atoms with van der Waals surface area (Å²) < 4.78 is 28.5. The Bertz CT molecular complexity index is 967. The molecule has 8 nitrogen and oxygen atoms in total. The third-order valence-corrected chi connectivity index (χ3v) is 11.0. The molecule has 1 N–H and O–H groups in total. The van der Waals surface area contributed by atoms with Gasteiger partial charge in [-0.25, -0.2) is 4.39 Å². The van der Waals surface area contributed by atoms with Crippen LogP contribution in [0.2, 0.25) is 0 Å². The van der Waals surface area contributed by atoms with Crippen molar-refractivity contribution in [3.05, 3.63) is 11.8 Å². The molecule has 4 aliphatic heterocycles. The smallest absolute Gasteiger partial charge is 0.259 e. The van der Waals surface area contributed by atoms with Crippen molar-refractivity contribution < 1.29 is 23.5 Å². The molecule has 9 unspecified atom stereocenters. The standard InChI is InChI=1S/C30H45FN4O4/c31-23-17-21-26-29(25(23)32-9-12-33-10-3-4-11-33)39-28-20-6-2-1-5-19(20)7-8-24(28)35(26)18-22(27(21)36)30(37)34-13-15-38-16-14-34/h18-21,23-26,28-29,32H,1-17H2. The molecule has 9 atom stereocenters. The predicted octanol–water partition coefficient (Wildman–Crippen LogP) is 2.13. The van der Waals surface area contributed by atoms with Crippen LogP contribution in [0.1, 0.15) is 57.8 Å². The number of likely N-dealkylation sites (tertiary alicyclic amines) is 1. The molecule has 1 amide bonds. The largest absolute Gasteiger partial charge is 0.378 e. The summed E-state index contributed by atoms with van der Waals surface area (Å²) in [7, 11) is 0. The molecule has 4 heterocycles. The Hall–Kier alpha value is -1.55. The second kappa shape index (κ2) is 11.0. The van der Waals surface area contributed by atoms with Crippen LogP contribution in [0.3, 0.4) is 0 Å². The number of fused-ring (bicyclic) bond motifs is 4. The number of rotatable bonds is 5. The van der Waals surface area contributed by atoms with Gasteiger partial charge in [0.1, 0.15) is 6.17 Å². The van der Waals surface area contributed by atoms with E-state index in [9.17, 15) is 9.59 Å². The summed E-state index contributed by atoms with van der Waals surface area (Å²) >= 11 is 0. The van der Waals surface area contributed by atoms with E-state index in [1.165, 1.54) is 38.5 Å². The lowest BCUT2D eigenvalue weighted by Crippen LogP contribution is -2.74. The predicted molar refractivity (Wildman–Crippen MR) is 144 cm³/mol. The number of ether oxygens (including phenoxy) is 2. The molecular formula is C30H45FN4O4. The fourth-order valence-electron chi connectivity index (χ4n) is 9.09. The van der Waals surface area contributed by atoms with E-state index in [1.54, 1.807) is 4.90 Å². The summed E-state index contributed by atoms with van der Waals surface area (Å²) in [4.78, 5) is 34.0. The van der Waals surface area contributed by atoms with E-state index in [-0.39, 0.29) is 48.0 Å².